The van der Waals surface area contributed by atoms with Crippen LogP contribution in [0.1, 0.15) is 16.8 Å². The maximum Gasteiger partial charge on any atom is 0.300 e. The molecule has 0 bridgehead atoms. The quantitative estimate of drug-likeness (QED) is 0.665. The molecule has 3 aliphatic rings. The summed E-state index contributed by atoms with van der Waals surface area (Å²) in [5, 5.41) is 0. The Morgan fingerprint density at radius 3 is 2.52 bits per heavy atom. The number of hydrogen-bond donors (Lipinski definition) is 0. The summed E-state index contributed by atoms with van der Waals surface area (Å²) < 4.78 is 28.6. The van der Waals surface area contributed by atoms with Crippen LogP contribution in [0.4, 0.5) is 5.69 Å². The van der Waals surface area contributed by atoms with Crippen molar-refractivity contribution < 1.29 is 22.7 Å². The van der Waals surface area contributed by atoms with Crippen LogP contribution in [-0.4, -0.2) is 87.4 Å². The zero-order chi connectivity index (χ0) is 19.2. The van der Waals surface area contributed by atoms with Crippen LogP contribution in [0.3, 0.4) is 0 Å². The molecule has 4 rings (SSSR count). The molecule has 0 spiro atoms. The van der Waals surface area contributed by atoms with Gasteiger partial charge in [0.05, 0.1) is 36.5 Å². The van der Waals surface area contributed by atoms with Gasteiger partial charge in [-0.3, -0.25) is 24.3 Å². The molecule has 1 aromatic carbocycles. The summed E-state index contributed by atoms with van der Waals surface area (Å²) in [6, 6.07) is 5.14. The molecule has 1 aromatic rings. The minimum absolute atomic E-state index is 0.108. The fourth-order valence-electron chi connectivity index (χ4n) is 4.07. The number of Topliss-reactive ketones (excluding diaryl/α,β-unsaturated/α-hetero) is 1. The van der Waals surface area contributed by atoms with Crippen molar-refractivity contribution in [2.45, 2.75) is 12.5 Å². The number of nitrogens with zero attached hydrogens (tertiary/aromatic N) is 3. The number of hydrogen-bond acceptors (Lipinski definition) is 7. The van der Waals surface area contributed by atoms with Gasteiger partial charge in [-0.25, -0.2) is 8.42 Å². The van der Waals surface area contributed by atoms with E-state index < -0.39 is 21.5 Å². The second kappa shape index (κ2) is 6.88. The number of carbonyl (C=O) groups is 2. The van der Waals surface area contributed by atoms with Gasteiger partial charge >= 0.3 is 5.91 Å². The Labute approximate surface area is 158 Å². The second-order valence-corrected chi connectivity index (χ2v) is 9.53. The Morgan fingerprint density at radius 1 is 1.15 bits per heavy atom. The molecule has 3 heterocycles. The lowest BCUT2D eigenvalue weighted by Gasteiger charge is -2.38. The van der Waals surface area contributed by atoms with E-state index in [0.717, 1.165) is 26.2 Å². The lowest BCUT2D eigenvalue weighted by molar-refractivity contribution is -0.114. The van der Waals surface area contributed by atoms with Crippen LogP contribution in [0.15, 0.2) is 18.2 Å². The fourth-order valence-corrected chi connectivity index (χ4v) is 5.84. The van der Waals surface area contributed by atoms with Crippen LogP contribution in [0, 0.1) is 0 Å². The zero-order valence-electron chi connectivity index (χ0n) is 15.3. The summed E-state index contributed by atoms with van der Waals surface area (Å²) in [4.78, 5) is 30.5. The Kier molecular flexibility index (Phi) is 4.69. The summed E-state index contributed by atoms with van der Waals surface area (Å²) in [5.74, 6) is 0.138. The first-order valence-electron chi connectivity index (χ1n) is 9.09. The molecule has 0 unspecified atom stereocenters. The average Bonchev–Trinajstić information content (AvgIpc) is 3.14. The molecule has 9 heteroatoms. The van der Waals surface area contributed by atoms with Crippen molar-refractivity contribution in [2.24, 2.45) is 0 Å². The van der Waals surface area contributed by atoms with Crippen LogP contribution < -0.4 is 9.64 Å². The summed E-state index contributed by atoms with van der Waals surface area (Å²) >= 11 is 0. The van der Waals surface area contributed by atoms with Gasteiger partial charge < -0.3 is 4.74 Å². The van der Waals surface area contributed by atoms with E-state index in [2.05, 4.69) is 9.80 Å². The first-order chi connectivity index (χ1) is 12.9. The van der Waals surface area contributed by atoms with Crippen molar-refractivity contribution in [3.63, 3.8) is 0 Å². The first-order valence-corrected chi connectivity index (χ1v) is 10.9. The minimum atomic E-state index is -2.89. The lowest BCUT2D eigenvalue weighted by atomic mass is 10.1. The monoisotopic (exact) mass is 393 g/mol. The molecule has 3 aliphatic heterocycles. The molecule has 0 radical (unpaired) electrons. The average molecular weight is 393 g/mol. The Balaban J connectivity index is 1.41. The predicted molar refractivity (Wildman–Crippen MR) is 99.9 cm³/mol. The van der Waals surface area contributed by atoms with Crippen LogP contribution >= 0.6 is 0 Å². The van der Waals surface area contributed by atoms with Gasteiger partial charge in [-0.05, 0) is 18.6 Å². The van der Waals surface area contributed by atoms with Gasteiger partial charge in [-0.15, -0.1) is 0 Å². The largest absolute Gasteiger partial charge is 0.497 e. The molecule has 0 aromatic heterocycles. The van der Waals surface area contributed by atoms with Gasteiger partial charge in [-0.1, -0.05) is 0 Å². The zero-order valence-corrected chi connectivity index (χ0v) is 16.1. The topological polar surface area (TPSA) is 87.2 Å². The Morgan fingerprint density at radius 2 is 1.89 bits per heavy atom. The number of methoxy groups -OCH3 is 1. The highest BCUT2D eigenvalue weighted by atomic mass is 32.2. The van der Waals surface area contributed by atoms with Gasteiger partial charge in [0.2, 0.25) is 0 Å². The number of carbonyl (C=O) groups excluding carboxylic acids is 2. The second-order valence-electron chi connectivity index (χ2n) is 7.30. The van der Waals surface area contributed by atoms with E-state index in [1.165, 1.54) is 4.90 Å². The van der Waals surface area contributed by atoms with Crippen LogP contribution in [0.2, 0.25) is 0 Å². The summed E-state index contributed by atoms with van der Waals surface area (Å²) in [6.07, 6.45) is 0.703. The van der Waals surface area contributed by atoms with Crippen LogP contribution in [-0.2, 0) is 14.6 Å². The molecule has 1 atom stereocenters. The molecular formula is C18H23N3O5S. The van der Waals surface area contributed by atoms with E-state index in [4.69, 9.17) is 4.74 Å². The normalized spacial score (nSPS) is 25.8. The highest BCUT2D eigenvalue weighted by molar-refractivity contribution is 7.91. The number of sulfone groups is 1. The van der Waals surface area contributed by atoms with Crippen molar-refractivity contribution in [2.75, 3.05) is 56.4 Å². The molecule has 146 valence electrons. The number of rotatable bonds is 4. The van der Waals surface area contributed by atoms with Gasteiger partial charge in [0.1, 0.15) is 5.75 Å². The molecule has 1 amide bonds. The number of ether oxygens (including phenoxy) is 1. The van der Waals surface area contributed by atoms with E-state index in [9.17, 15) is 18.0 Å². The number of benzene rings is 1. The molecular weight excluding hydrogens is 370 g/mol. The third kappa shape index (κ3) is 3.46. The summed E-state index contributed by atoms with van der Waals surface area (Å²) in [7, 11) is -1.34. The highest BCUT2D eigenvalue weighted by Crippen LogP contribution is 2.32. The number of amides is 1. The van der Waals surface area contributed by atoms with E-state index in [-0.39, 0.29) is 17.5 Å². The molecule has 0 aliphatic carbocycles. The van der Waals surface area contributed by atoms with E-state index >= 15 is 0 Å². The highest BCUT2D eigenvalue weighted by Gasteiger charge is 2.38. The Bertz CT molecular complexity index is 877. The van der Waals surface area contributed by atoms with Crippen molar-refractivity contribution >= 4 is 27.2 Å². The lowest BCUT2D eigenvalue weighted by Crippen LogP contribution is -2.53. The van der Waals surface area contributed by atoms with Crippen LogP contribution in [0.25, 0.3) is 0 Å². The molecule has 8 nitrogen and oxygen atoms in total. The van der Waals surface area contributed by atoms with Gasteiger partial charge in [-0.2, -0.15) is 0 Å². The smallest absolute Gasteiger partial charge is 0.300 e. The maximum atomic E-state index is 12.4. The van der Waals surface area contributed by atoms with E-state index in [1.807, 2.05) is 0 Å². The molecule has 2 saturated heterocycles. The van der Waals surface area contributed by atoms with E-state index in [0.29, 0.717) is 30.1 Å². The number of ketones is 1. The van der Waals surface area contributed by atoms with Crippen LogP contribution in [0.5, 0.6) is 5.75 Å². The number of piperazine rings is 1. The predicted octanol–water partition coefficient (Wildman–Crippen LogP) is -0.0133. The van der Waals surface area contributed by atoms with Crippen molar-refractivity contribution in [3.05, 3.63) is 23.8 Å². The number of anilines is 1. The van der Waals surface area contributed by atoms with Gasteiger partial charge in [0.15, 0.2) is 9.84 Å². The molecule has 0 saturated carbocycles. The Hall–Kier alpha value is -1.97. The van der Waals surface area contributed by atoms with Crippen molar-refractivity contribution in [3.8, 4) is 5.75 Å². The molecule has 2 fully saturated rings. The summed E-state index contributed by atoms with van der Waals surface area (Å²) in [6.45, 7) is 3.34. The third-order valence-electron chi connectivity index (χ3n) is 5.65. The fraction of sp³-hybridized carbons (Fsp3) is 0.556. The molecule has 0 N–H and O–H groups in total. The number of fused-ring (bicyclic) bond motifs is 1. The molecule has 27 heavy (non-hydrogen) atoms. The SMILES string of the molecule is COc1ccc2c(c1)N(CN1CCN([C@H]3CCS(=O)(=O)C3)CC1)C(=O)C2=O. The van der Waals surface area contributed by atoms with Gasteiger partial charge in [0.25, 0.3) is 5.78 Å². The third-order valence-corrected chi connectivity index (χ3v) is 7.40. The van der Waals surface area contributed by atoms with Crippen molar-refractivity contribution in [1.29, 1.82) is 0 Å². The maximum absolute atomic E-state index is 12.4. The standard InChI is InChI=1S/C18H23N3O5S/c1-26-14-2-3-15-16(10-14)21(18(23)17(15)22)12-19-5-7-20(8-6-19)13-4-9-27(24,25)11-13/h2-3,10,13H,4-9,11-12H2,1H3/t13-/m0/s1. The van der Waals surface area contributed by atoms with Gasteiger partial charge in [0, 0.05) is 38.3 Å². The minimum Gasteiger partial charge on any atom is -0.497 e. The summed E-state index contributed by atoms with van der Waals surface area (Å²) in [5.41, 5.74) is 1.00. The van der Waals surface area contributed by atoms with Crippen molar-refractivity contribution in [1.82, 2.24) is 9.80 Å². The first kappa shape index (κ1) is 18.4. The van der Waals surface area contributed by atoms with E-state index in [1.54, 1.807) is 25.3 Å².